The van der Waals surface area contributed by atoms with Crippen molar-refractivity contribution in [3.05, 3.63) is 53.4 Å². The summed E-state index contributed by atoms with van der Waals surface area (Å²) in [6, 6.07) is 10.6. The molecular formula is C24H28N4O5S. The second kappa shape index (κ2) is 9.55. The van der Waals surface area contributed by atoms with Crippen LogP contribution in [0.1, 0.15) is 29.9 Å². The number of hydrogen-bond donors (Lipinski definition) is 1. The molecule has 0 unspecified atom stereocenters. The van der Waals surface area contributed by atoms with Crippen LogP contribution in [0.4, 0.5) is 5.69 Å². The predicted molar refractivity (Wildman–Crippen MR) is 128 cm³/mol. The molecule has 180 valence electrons. The van der Waals surface area contributed by atoms with Gasteiger partial charge in [0.15, 0.2) is 11.5 Å². The first kappa shape index (κ1) is 23.9. The average Bonchev–Trinajstić information content (AvgIpc) is 3.18. The molecular weight excluding hydrogens is 456 g/mol. The second-order valence-electron chi connectivity index (χ2n) is 8.52. The third-order valence-electron chi connectivity index (χ3n) is 5.90. The lowest BCUT2D eigenvalue weighted by molar-refractivity contribution is -0.133. The topological polar surface area (TPSA) is 113 Å². The minimum absolute atomic E-state index is 0.0350. The van der Waals surface area contributed by atoms with E-state index >= 15 is 0 Å². The summed E-state index contributed by atoms with van der Waals surface area (Å²) < 4.78 is 33.0. The number of carbonyl (C=O) groups is 2. The first-order valence-corrected chi connectivity index (χ1v) is 12.6. The van der Waals surface area contributed by atoms with Gasteiger partial charge in [0.1, 0.15) is 5.52 Å². The van der Waals surface area contributed by atoms with Crippen LogP contribution in [-0.4, -0.2) is 60.6 Å². The van der Waals surface area contributed by atoms with Gasteiger partial charge >= 0.3 is 0 Å². The zero-order valence-corrected chi connectivity index (χ0v) is 20.3. The fraction of sp³-hybridized carbons (Fsp3) is 0.375. The summed E-state index contributed by atoms with van der Waals surface area (Å²) in [5.41, 5.74) is 3.45. The molecule has 0 spiro atoms. The van der Waals surface area contributed by atoms with Crippen molar-refractivity contribution in [1.82, 2.24) is 14.2 Å². The molecule has 2 aromatic carbocycles. The van der Waals surface area contributed by atoms with Crippen molar-refractivity contribution in [2.24, 2.45) is 0 Å². The van der Waals surface area contributed by atoms with Crippen LogP contribution in [0.25, 0.3) is 11.1 Å². The Balaban J connectivity index is 1.28. The molecule has 0 radical (unpaired) electrons. The summed E-state index contributed by atoms with van der Waals surface area (Å²) >= 11 is 0. The quantitative estimate of drug-likeness (QED) is 0.576. The summed E-state index contributed by atoms with van der Waals surface area (Å²) in [5, 5.41) is 2.77. The van der Waals surface area contributed by atoms with Crippen LogP contribution >= 0.6 is 0 Å². The molecule has 1 aliphatic heterocycles. The van der Waals surface area contributed by atoms with Crippen LogP contribution < -0.4 is 5.32 Å². The van der Waals surface area contributed by atoms with Crippen LogP contribution in [-0.2, 0) is 19.6 Å². The molecule has 34 heavy (non-hydrogen) atoms. The molecule has 0 bridgehead atoms. The monoisotopic (exact) mass is 484 g/mol. The zero-order valence-electron chi connectivity index (χ0n) is 19.5. The number of aromatic nitrogens is 1. The van der Waals surface area contributed by atoms with Crippen LogP contribution in [0, 0.1) is 20.8 Å². The maximum Gasteiger partial charge on any atom is 0.243 e. The van der Waals surface area contributed by atoms with E-state index in [1.54, 1.807) is 49.1 Å². The molecule has 1 aromatic heterocycles. The van der Waals surface area contributed by atoms with Gasteiger partial charge in [0, 0.05) is 57.7 Å². The number of fused-ring (bicyclic) bond motifs is 1. The minimum atomic E-state index is -3.62. The summed E-state index contributed by atoms with van der Waals surface area (Å²) in [6.07, 6.45) is 0.0898. The van der Waals surface area contributed by atoms with E-state index in [2.05, 4.69) is 10.3 Å². The van der Waals surface area contributed by atoms with Crippen molar-refractivity contribution in [1.29, 1.82) is 0 Å². The standard InChI is InChI=1S/C24H28N4O5S/c1-16-4-5-17(2)22(14-16)34(31,32)28-12-10-27(11-13-28)24(30)9-8-23(29)26-19-6-7-20-21(15-19)33-18(3)25-20/h4-7,14-15H,8-13H2,1-3H3,(H,26,29). The van der Waals surface area contributed by atoms with E-state index in [9.17, 15) is 18.0 Å². The summed E-state index contributed by atoms with van der Waals surface area (Å²) in [4.78, 5) is 31.1. The van der Waals surface area contributed by atoms with Crippen molar-refractivity contribution in [2.75, 3.05) is 31.5 Å². The molecule has 0 saturated carbocycles. The van der Waals surface area contributed by atoms with E-state index in [1.165, 1.54) is 4.31 Å². The third kappa shape index (κ3) is 5.13. The molecule has 0 aliphatic carbocycles. The van der Waals surface area contributed by atoms with Gasteiger partial charge in [-0.05, 0) is 43.2 Å². The van der Waals surface area contributed by atoms with Crippen molar-refractivity contribution in [3.8, 4) is 0 Å². The summed E-state index contributed by atoms with van der Waals surface area (Å²) in [7, 11) is -3.62. The van der Waals surface area contributed by atoms with Gasteiger partial charge in [0.2, 0.25) is 21.8 Å². The molecule has 10 heteroatoms. The second-order valence-corrected chi connectivity index (χ2v) is 10.4. The van der Waals surface area contributed by atoms with Gasteiger partial charge in [0.05, 0.1) is 4.90 Å². The molecule has 1 fully saturated rings. The van der Waals surface area contributed by atoms with Crippen molar-refractivity contribution in [3.63, 3.8) is 0 Å². The van der Waals surface area contributed by atoms with E-state index in [0.29, 0.717) is 46.2 Å². The molecule has 0 atom stereocenters. The summed E-state index contributed by atoms with van der Waals surface area (Å²) in [5.74, 6) is 0.103. The van der Waals surface area contributed by atoms with Crippen LogP contribution in [0.3, 0.4) is 0 Å². The summed E-state index contributed by atoms with van der Waals surface area (Å²) in [6.45, 7) is 6.44. The number of hydrogen-bond acceptors (Lipinski definition) is 6. The van der Waals surface area contributed by atoms with E-state index in [-0.39, 0.29) is 37.7 Å². The largest absolute Gasteiger partial charge is 0.441 e. The Labute approximate surface area is 198 Å². The molecule has 1 aliphatic rings. The van der Waals surface area contributed by atoms with Crippen LogP contribution in [0.2, 0.25) is 0 Å². The lowest BCUT2D eigenvalue weighted by atomic mass is 10.2. The Morgan fingerprint density at radius 1 is 1.00 bits per heavy atom. The van der Waals surface area contributed by atoms with Gasteiger partial charge in [-0.2, -0.15) is 4.31 Å². The molecule has 4 rings (SSSR count). The van der Waals surface area contributed by atoms with E-state index in [0.717, 1.165) is 5.56 Å². The van der Waals surface area contributed by atoms with Crippen LogP contribution in [0.15, 0.2) is 45.7 Å². The number of benzene rings is 2. The Bertz CT molecular complexity index is 1340. The van der Waals surface area contributed by atoms with Crippen LogP contribution in [0.5, 0.6) is 0 Å². The van der Waals surface area contributed by atoms with Gasteiger partial charge in [-0.1, -0.05) is 12.1 Å². The maximum absolute atomic E-state index is 13.1. The Morgan fingerprint density at radius 3 is 2.47 bits per heavy atom. The van der Waals surface area contributed by atoms with Gasteiger partial charge in [-0.25, -0.2) is 13.4 Å². The fourth-order valence-electron chi connectivity index (χ4n) is 4.02. The van der Waals surface area contributed by atoms with Crippen molar-refractivity contribution in [2.45, 2.75) is 38.5 Å². The molecule has 1 N–H and O–H groups in total. The number of sulfonamides is 1. The molecule has 1 saturated heterocycles. The minimum Gasteiger partial charge on any atom is -0.441 e. The number of oxazole rings is 1. The Morgan fingerprint density at radius 2 is 1.74 bits per heavy atom. The number of anilines is 1. The van der Waals surface area contributed by atoms with Gasteiger partial charge < -0.3 is 14.6 Å². The van der Waals surface area contributed by atoms with Gasteiger partial charge in [0.25, 0.3) is 0 Å². The highest BCUT2D eigenvalue weighted by Gasteiger charge is 2.31. The smallest absolute Gasteiger partial charge is 0.243 e. The van der Waals surface area contributed by atoms with E-state index in [4.69, 9.17) is 4.42 Å². The normalized spacial score (nSPS) is 15.0. The van der Waals surface area contributed by atoms with E-state index < -0.39 is 10.0 Å². The number of aryl methyl sites for hydroxylation is 3. The average molecular weight is 485 g/mol. The molecule has 2 amide bonds. The zero-order chi connectivity index (χ0) is 24.5. The highest BCUT2D eigenvalue weighted by molar-refractivity contribution is 7.89. The molecule has 2 heterocycles. The lowest BCUT2D eigenvalue weighted by Crippen LogP contribution is -2.50. The number of rotatable bonds is 6. The van der Waals surface area contributed by atoms with Crippen molar-refractivity contribution >= 4 is 38.6 Å². The predicted octanol–water partition coefficient (Wildman–Crippen LogP) is 3.00. The number of amides is 2. The number of piperazine rings is 1. The maximum atomic E-state index is 13.1. The SMILES string of the molecule is Cc1ccc(C)c(S(=O)(=O)N2CCN(C(=O)CCC(=O)Nc3ccc4nc(C)oc4c3)CC2)c1. The highest BCUT2D eigenvalue weighted by Crippen LogP contribution is 2.23. The lowest BCUT2D eigenvalue weighted by Gasteiger charge is -2.34. The number of nitrogens with one attached hydrogen (secondary N) is 1. The fourth-order valence-corrected chi connectivity index (χ4v) is 5.75. The van der Waals surface area contributed by atoms with Gasteiger partial charge in [-0.3, -0.25) is 9.59 Å². The first-order valence-electron chi connectivity index (χ1n) is 11.2. The van der Waals surface area contributed by atoms with Gasteiger partial charge in [-0.15, -0.1) is 0 Å². The number of nitrogens with zero attached hydrogens (tertiary/aromatic N) is 3. The highest BCUT2D eigenvalue weighted by atomic mass is 32.2. The third-order valence-corrected chi connectivity index (χ3v) is 7.94. The molecule has 3 aromatic rings. The van der Waals surface area contributed by atoms with E-state index in [1.807, 2.05) is 13.0 Å². The Hall–Kier alpha value is -3.24. The number of carbonyl (C=O) groups excluding carboxylic acids is 2. The Kier molecular flexibility index (Phi) is 6.72. The van der Waals surface area contributed by atoms with Crippen molar-refractivity contribution < 1.29 is 22.4 Å². The molecule has 9 nitrogen and oxygen atoms in total. The first-order chi connectivity index (χ1) is 16.1.